The van der Waals surface area contributed by atoms with E-state index >= 15 is 0 Å². The summed E-state index contributed by atoms with van der Waals surface area (Å²) in [6.45, 7) is 3.26. The van der Waals surface area contributed by atoms with Crippen LogP contribution in [0.4, 0.5) is 11.5 Å². The number of aryl methyl sites for hydroxylation is 2. The second-order valence-corrected chi connectivity index (χ2v) is 6.84. The summed E-state index contributed by atoms with van der Waals surface area (Å²) < 4.78 is 6.20. The SMILES string of the molecule is Cc1cc(C(=O)NCCNC(=O)c2nc(Cn3nc([N+](=O)[O-])cc3C)no2)ccc1[N+](=O)[O-]. The van der Waals surface area contributed by atoms with Gasteiger partial charge in [0.25, 0.3) is 11.6 Å². The minimum atomic E-state index is -0.669. The van der Waals surface area contributed by atoms with Crippen LogP contribution in [0.1, 0.15) is 38.1 Å². The van der Waals surface area contributed by atoms with Gasteiger partial charge in [0, 0.05) is 30.3 Å². The zero-order valence-electron chi connectivity index (χ0n) is 17.5. The molecule has 0 bridgehead atoms. The predicted octanol–water partition coefficient (Wildman–Crippen LogP) is 0.907. The monoisotopic (exact) mass is 458 g/mol. The molecule has 3 rings (SSSR count). The topological polar surface area (TPSA) is 201 Å². The second kappa shape index (κ2) is 9.63. The third-order valence-corrected chi connectivity index (χ3v) is 4.46. The maximum Gasteiger partial charge on any atom is 0.390 e. The molecule has 1 aromatic carbocycles. The maximum atomic E-state index is 12.2. The molecule has 0 aliphatic heterocycles. The number of hydrogen-bond acceptors (Lipinski definition) is 10. The lowest BCUT2D eigenvalue weighted by molar-refractivity contribution is -0.389. The number of nitro groups is 2. The lowest BCUT2D eigenvalue weighted by atomic mass is 10.1. The van der Waals surface area contributed by atoms with Crippen LogP contribution >= 0.6 is 0 Å². The number of nitrogens with zero attached hydrogens (tertiary/aromatic N) is 6. The minimum absolute atomic E-state index is 0.0266. The highest BCUT2D eigenvalue weighted by Crippen LogP contribution is 2.18. The number of nitro benzene ring substituents is 1. The van der Waals surface area contributed by atoms with Crippen LogP contribution in [0.15, 0.2) is 28.8 Å². The van der Waals surface area contributed by atoms with Crippen LogP contribution in [0.25, 0.3) is 0 Å². The Balaban J connectivity index is 1.48. The van der Waals surface area contributed by atoms with Gasteiger partial charge in [-0.2, -0.15) is 9.67 Å². The van der Waals surface area contributed by atoms with Crippen molar-refractivity contribution in [1.82, 2.24) is 30.6 Å². The first kappa shape index (κ1) is 23.0. The van der Waals surface area contributed by atoms with Crippen LogP contribution < -0.4 is 10.6 Å². The normalized spacial score (nSPS) is 10.6. The van der Waals surface area contributed by atoms with Gasteiger partial charge < -0.3 is 25.3 Å². The Bertz CT molecular complexity index is 1230. The van der Waals surface area contributed by atoms with Crippen LogP contribution in [-0.2, 0) is 6.54 Å². The first-order valence-corrected chi connectivity index (χ1v) is 9.48. The molecular formula is C18H18N8O7. The lowest BCUT2D eigenvalue weighted by Crippen LogP contribution is -2.34. The zero-order valence-corrected chi connectivity index (χ0v) is 17.5. The largest absolute Gasteiger partial charge is 0.390 e. The third kappa shape index (κ3) is 5.52. The van der Waals surface area contributed by atoms with Crippen LogP contribution in [0.3, 0.4) is 0 Å². The molecule has 0 atom stereocenters. The van der Waals surface area contributed by atoms with Gasteiger partial charge in [0.15, 0.2) is 5.82 Å². The molecule has 0 saturated heterocycles. The van der Waals surface area contributed by atoms with Gasteiger partial charge in [-0.15, -0.1) is 0 Å². The highest BCUT2D eigenvalue weighted by molar-refractivity contribution is 5.94. The number of carbonyl (C=O) groups excluding carboxylic acids is 2. The number of amides is 2. The fourth-order valence-electron chi connectivity index (χ4n) is 2.82. The van der Waals surface area contributed by atoms with Crippen molar-refractivity contribution in [3.8, 4) is 0 Å². The number of benzene rings is 1. The van der Waals surface area contributed by atoms with Gasteiger partial charge in [-0.25, -0.2) is 0 Å². The summed E-state index contributed by atoms with van der Waals surface area (Å²) in [7, 11) is 0. The molecule has 2 amide bonds. The Kier molecular flexibility index (Phi) is 6.71. The van der Waals surface area contributed by atoms with E-state index in [1.807, 2.05) is 0 Å². The number of nitrogens with one attached hydrogen (secondary N) is 2. The number of rotatable bonds is 9. The highest BCUT2D eigenvalue weighted by Gasteiger charge is 2.20. The fraction of sp³-hybridized carbons (Fsp3) is 0.278. The number of hydrogen-bond donors (Lipinski definition) is 2. The van der Waals surface area contributed by atoms with Crippen molar-refractivity contribution < 1.29 is 24.0 Å². The van der Waals surface area contributed by atoms with E-state index in [9.17, 15) is 29.8 Å². The molecule has 2 N–H and O–H groups in total. The van der Waals surface area contributed by atoms with Gasteiger partial charge in [0.2, 0.25) is 0 Å². The molecule has 15 nitrogen and oxygen atoms in total. The standard InChI is InChI=1S/C18H18N8O7/c1-10-7-12(3-4-13(10)25(29)30)16(27)19-5-6-20-17(28)18-21-14(23-33-18)9-24-11(2)8-15(22-24)26(31)32/h3-4,7-8H,5-6,9H2,1-2H3,(H,19,27)(H,20,28). The van der Waals surface area contributed by atoms with Crippen LogP contribution in [-0.4, -0.2) is 54.7 Å². The van der Waals surface area contributed by atoms with E-state index in [2.05, 4.69) is 25.9 Å². The number of aromatic nitrogens is 4. The Morgan fingerprint density at radius 1 is 1.06 bits per heavy atom. The van der Waals surface area contributed by atoms with Crippen molar-refractivity contribution in [2.75, 3.05) is 13.1 Å². The second-order valence-electron chi connectivity index (χ2n) is 6.84. The van der Waals surface area contributed by atoms with Crippen LogP contribution in [0.2, 0.25) is 0 Å². The summed E-state index contributed by atoms with van der Waals surface area (Å²) in [5.74, 6) is -1.66. The van der Waals surface area contributed by atoms with Crippen LogP contribution in [0.5, 0.6) is 0 Å². The minimum Gasteiger partial charge on any atom is -0.358 e. The lowest BCUT2D eigenvalue weighted by Gasteiger charge is -2.06. The van der Waals surface area contributed by atoms with Crippen LogP contribution in [0, 0.1) is 34.1 Å². The maximum absolute atomic E-state index is 12.2. The first-order valence-electron chi connectivity index (χ1n) is 9.48. The predicted molar refractivity (Wildman–Crippen MR) is 110 cm³/mol. The molecule has 33 heavy (non-hydrogen) atoms. The molecule has 0 spiro atoms. The number of carbonyl (C=O) groups is 2. The quantitative estimate of drug-likeness (QED) is 0.263. The van der Waals surface area contributed by atoms with E-state index in [1.54, 1.807) is 6.92 Å². The van der Waals surface area contributed by atoms with Gasteiger partial charge in [0.1, 0.15) is 6.54 Å². The molecule has 2 aromatic heterocycles. The molecule has 0 saturated carbocycles. The Morgan fingerprint density at radius 2 is 1.76 bits per heavy atom. The van der Waals surface area contributed by atoms with E-state index in [4.69, 9.17) is 4.52 Å². The van der Waals surface area contributed by atoms with E-state index in [1.165, 1.54) is 35.9 Å². The van der Waals surface area contributed by atoms with Gasteiger partial charge in [-0.05, 0) is 30.9 Å². The molecule has 172 valence electrons. The average Bonchev–Trinajstić information content (AvgIpc) is 3.38. The van der Waals surface area contributed by atoms with Crippen molar-refractivity contribution >= 4 is 23.3 Å². The first-order chi connectivity index (χ1) is 15.7. The summed E-state index contributed by atoms with van der Waals surface area (Å²) in [4.78, 5) is 48.7. The van der Waals surface area contributed by atoms with Crippen molar-refractivity contribution in [1.29, 1.82) is 0 Å². The molecule has 0 radical (unpaired) electrons. The van der Waals surface area contributed by atoms with Crippen molar-refractivity contribution in [3.05, 3.63) is 73.0 Å². The van der Waals surface area contributed by atoms with Crippen molar-refractivity contribution in [2.24, 2.45) is 0 Å². The van der Waals surface area contributed by atoms with Gasteiger partial charge in [0.05, 0.1) is 21.8 Å². The zero-order chi connectivity index (χ0) is 24.1. The summed E-state index contributed by atoms with van der Waals surface area (Å²) in [6.07, 6.45) is 0. The summed E-state index contributed by atoms with van der Waals surface area (Å²) >= 11 is 0. The molecule has 0 unspecified atom stereocenters. The Labute approximate surface area is 185 Å². The fourth-order valence-corrected chi connectivity index (χ4v) is 2.82. The molecular weight excluding hydrogens is 440 g/mol. The van der Waals surface area contributed by atoms with Gasteiger partial charge >= 0.3 is 17.6 Å². The molecule has 0 fully saturated rings. The van der Waals surface area contributed by atoms with E-state index in [0.717, 1.165) is 0 Å². The smallest absolute Gasteiger partial charge is 0.358 e. The van der Waals surface area contributed by atoms with Crippen molar-refractivity contribution in [3.63, 3.8) is 0 Å². The summed E-state index contributed by atoms with van der Waals surface area (Å²) in [6, 6.07) is 5.29. The molecule has 0 aliphatic carbocycles. The molecule has 3 aromatic rings. The summed E-state index contributed by atoms with van der Waals surface area (Å²) in [5, 5.41) is 34.2. The highest BCUT2D eigenvalue weighted by atomic mass is 16.6. The van der Waals surface area contributed by atoms with E-state index in [0.29, 0.717) is 11.3 Å². The summed E-state index contributed by atoms with van der Waals surface area (Å²) in [5.41, 5.74) is 1.03. The molecule has 2 heterocycles. The Hall–Kier alpha value is -4.69. The Morgan fingerprint density at radius 3 is 2.36 bits per heavy atom. The average molecular weight is 458 g/mol. The van der Waals surface area contributed by atoms with E-state index < -0.39 is 21.7 Å². The molecule has 15 heteroatoms. The van der Waals surface area contributed by atoms with Gasteiger partial charge in [-0.3, -0.25) is 19.7 Å². The van der Waals surface area contributed by atoms with E-state index in [-0.39, 0.29) is 48.4 Å². The third-order valence-electron chi connectivity index (χ3n) is 4.46. The van der Waals surface area contributed by atoms with Gasteiger partial charge in [-0.1, -0.05) is 5.16 Å². The van der Waals surface area contributed by atoms with Crippen molar-refractivity contribution in [2.45, 2.75) is 20.4 Å². The molecule has 0 aliphatic rings.